The van der Waals surface area contributed by atoms with Gasteiger partial charge >= 0.3 is 0 Å². The van der Waals surface area contributed by atoms with Crippen molar-refractivity contribution in [2.24, 2.45) is 7.05 Å². The van der Waals surface area contributed by atoms with Crippen LogP contribution in [0, 0.1) is 0 Å². The molecule has 3 rings (SSSR count). The number of hydrogen-bond donors (Lipinski definition) is 1. The number of benzene rings is 1. The highest BCUT2D eigenvalue weighted by atomic mass is 32.2. The van der Waals surface area contributed by atoms with Crippen LogP contribution in [0.3, 0.4) is 0 Å². The maximum absolute atomic E-state index is 4.11. The molecule has 1 aliphatic carbocycles. The number of thioether (sulfide) groups is 1. The van der Waals surface area contributed by atoms with Crippen molar-refractivity contribution >= 4 is 11.8 Å². The fourth-order valence-electron chi connectivity index (χ4n) is 3.07. The van der Waals surface area contributed by atoms with Crippen molar-refractivity contribution in [1.29, 1.82) is 0 Å². The minimum absolute atomic E-state index is 0.499. The SMILES string of the molecule is CNC1CCC(c2ccccc2)CC1Sc1nnnn1C. The van der Waals surface area contributed by atoms with Gasteiger partial charge in [0.15, 0.2) is 0 Å². The van der Waals surface area contributed by atoms with E-state index in [1.54, 1.807) is 16.4 Å². The molecule has 6 heteroatoms. The quantitative estimate of drug-likeness (QED) is 0.938. The summed E-state index contributed by atoms with van der Waals surface area (Å²) in [4.78, 5) is 0. The van der Waals surface area contributed by atoms with Crippen LogP contribution in [-0.2, 0) is 7.05 Å². The van der Waals surface area contributed by atoms with Crippen molar-refractivity contribution in [2.75, 3.05) is 7.05 Å². The Hall–Kier alpha value is -1.40. The van der Waals surface area contributed by atoms with Crippen molar-refractivity contribution in [1.82, 2.24) is 25.5 Å². The summed E-state index contributed by atoms with van der Waals surface area (Å²) in [6.07, 6.45) is 3.59. The fraction of sp³-hybridized carbons (Fsp3) is 0.533. The van der Waals surface area contributed by atoms with E-state index in [4.69, 9.17) is 0 Å². The van der Waals surface area contributed by atoms with Gasteiger partial charge in [-0.25, -0.2) is 4.68 Å². The highest BCUT2D eigenvalue weighted by Gasteiger charge is 2.32. The van der Waals surface area contributed by atoms with Crippen molar-refractivity contribution in [3.63, 3.8) is 0 Å². The van der Waals surface area contributed by atoms with Crippen LogP contribution in [0.4, 0.5) is 0 Å². The Morgan fingerprint density at radius 3 is 2.71 bits per heavy atom. The average molecular weight is 303 g/mol. The fourth-order valence-corrected chi connectivity index (χ4v) is 4.38. The molecule has 0 amide bonds. The first kappa shape index (κ1) is 14.5. The predicted octanol–water partition coefficient (Wildman–Crippen LogP) is 2.23. The van der Waals surface area contributed by atoms with Crippen LogP contribution in [0.5, 0.6) is 0 Å². The van der Waals surface area contributed by atoms with Gasteiger partial charge in [-0.1, -0.05) is 42.1 Å². The average Bonchev–Trinajstić information content (AvgIpc) is 2.93. The van der Waals surface area contributed by atoms with E-state index >= 15 is 0 Å². The van der Waals surface area contributed by atoms with Gasteiger partial charge in [-0.2, -0.15) is 0 Å². The first-order valence-electron chi connectivity index (χ1n) is 7.39. The highest BCUT2D eigenvalue weighted by Crippen LogP contribution is 2.39. The number of aromatic nitrogens is 4. The Morgan fingerprint density at radius 1 is 1.24 bits per heavy atom. The summed E-state index contributed by atoms with van der Waals surface area (Å²) >= 11 is 1.79. The van der Waals surface area contributed by atoms with E-state index in [1.807, 2.05) is 7.05 Å². The number of rotatable bonds is 4. The molecule has 1 N–H and O–H groups in total. The van der Waals surface area contributed by atoms with Crippen molar-refractivity contribution in [3.05, 3.63) is 35.9 Å². The predicted molar refractivity (Wildman–Crippen MR) is 84.3 cm³/mol. The molecule has 1 saturated carbocycles. The van der Waals surface area contributed by atoms with E-state index in [0.29, 0.717) is 17.2 Å². The first-order chi connectivity index (χ1) is 10.3. The molecule has 1 aromatic carbocycles. The Labute approximate surface area is 129 Å². The van der Waals surface area contributed by atoms with Gasteiger partial charge in [-0.15, -0.1) is 5.10 Å². The van der Waals surface area contributed by atoms with E-state index in [2.05, 4.69) is 58.2 Å². The maximum Gasteiger partial charge on any atom is 0.209 e. The standard InChI is InChI=1S/C15H21N5S/c1-16-13-9-8-12(11-6-4-3-5-7-11)10-14(13)21-15-17-18-19-20(15)2/h3-7,12-14,16H,8-10H2,1-2H3. The van der Waals surface area contributed by atoms with E-state index in [9.17, 15) is 0 Å². The van der Waals surface area contributed by atoms with Gasteiger partial charge in [0, 0.05) is 18.3 Å². The summed E-state index contributed by atoms with van der Waals surface area (Å²) in [5.41, 5.74) is 1.45. The summed E-state index contributed by atoms with van der Waals surface area (Å²) in [7, 11) is 3.95. The Balaban J connectivity index is 1.74. The second kappa shape index (κ2) is 6.58. The number of aryl methyl sites for hydroxylation is 1. The summed E-state index contributed by atoms with van der Waals surface area (Å²) < 4.78 is 1.75. The lowest BCUT2D eigenvalue weighted by Crippen LogP contribution is -2.40. The van der Waals surface area contributed by atoms with Crippen LogP contribution in [0.1, 0.15) is 30.7 Å². The van der Waals surface area contributed by atoms with Crippen LogP contribution in [0.25, 0.3) is 0 Å². The zero-order chi connectivity index (χ0) is 14.7. The largest absolute Gasteiger partial charge is 0.316 e. The molecular weight excluding hydrogens is 282 g/mol. The Kier molecular flexibility index (Phi) is 4.55. The van der Waals surface area contributed by atoms with Gasteiger partial charge in [0.2, 0.25) is 5.16 Å². The molecule has 1 aliphatic rings. The van der Waals surface area contributed by atoms with Gasteiger partial charge < -0.3 is 5.32 Å². The van der Waals surface area contributed by atoms with Gasteiger partial charge in [-0.05, 0) is 48.2 Å². The van der Waals surface area contributed by atoms with Gasteiger partial charge in [0.1, 0.15) is 0 Å². The Bertz CT molecular complexity index is 570. The zero-order valence-electron chi connectivity index (χ0n) is 12.4. The van der Waals surface area contributed by atoms with Crippen LogP contribution in [0.15, 0.2) is 35.5 Å². The molecule has 1 aromatic heterocycles. The minimum Gasteiger partial charge on any atom is -0.316 e. The summed E-state index contributed by atoms with van der Waals surface area (Å²) in [5, 5.41) is 16.6. The molecule has 5 nitrogen and oxygen atoms in total. The van der Waals surface area contributed by atoms with Crippen LogP contribution in [0.2, 0.25) is 0 Å². The third-order valence-corrected chi connectivity index (χ3v) is 5.65. The molecule has 1 heterocycles. The number of tetrazole rings is 1. The summed E-state index contributed by atoms with van der Waals surface area (Å²) in [6, 6.07) is 11.4. The summed E-state index contributed by atoms with van der Waals surface area (Å²) in [6.45, 7) is 0. The molecule has 3 unspecified atom stereocenters. The van der Waals surface area contributed by atoms with Gasteiger partial charge in [0.25, 0.3) is 0 Å². The lowest BCUT2D eigenvalue weighted by Gasteiger charge is -2.35. The van der Waals surface area contributed by atoms with Crippen molar-refractivity contribution < 1.29 is 0 Å². The topological polar surface area (TPSA) is 55.6 Å². The normalized spacial score (nSPS) is 25.9. The zero-order valence-corrected chi connectivity index (χ0v) is 13.3. The number of nitrogens with zero attached hydrogens (tertiary/aromatic N) is 4. The third kappa shape index (κ3) is 3.27. The second-order valence-corrected chi connectivity index (χ2v) is 6.76. The lowest BCUT2D eigenvalue weighted by atomic mass is 9.81. The molecule has 2 aromatic rings. The molecule has 112 valence electrons. The molecular formula is C15H21N5S. The van der Waals surface area contributed by atoms with Gasteiger partial charge in [-0.3, -0.25) is 0 Å². The molecule has 0 saturated heterocycles. The monoisotopic (exact) mass is 303 g/mol. The molecule has 0 aliphatic heterocycles. The minimum atomic E-state index is 0.499. The van der Waals surface area contributed by atoms with E-state index in [0.717, 1.165) is 11.6 Å². The highest BCUT2D eigenvalue weighted by molar-refractivity contribution is 7.99. The van der Waals surface area contributed by atoms with Gasteiger partial charge in [0.05, 0.1) is 0 Å². The third-order valence-electron chi connectivity index (χ3n) is 4.27. The first-order valence-corrected chi connectivity index (χ1v) is 8.27. The molecule has 1 fully saturated rings. The number of hydrogen-bond acceptors (Lipinski definition) is 5. The van der Waals surface area contributed by atoms with Crippen LogP contribution < -0.4 is 5.32 Å². The smallest absolute Gasteiger partial charge is 0.209 e. The van der Waals surface area contributed by atoms with E-state index < -0.39 is 0 Å². The maximum atomic E-state index is 4.11. The molecule has 0 radical (unpaired) electrons. The van der Waals surface area contributed by atoms with E-state index in [-0.39, 0.29) is 0 Å². The molecule has 0 spiro atoms. The summed E-state index contributed by atoms with van der Waals surface area (Å²) in [5.74, 6) is 0.634. The molecule has 21 heavy (non-hydrogen) atoms. The van der Waals surface area contributed by atoms with Crippen LogP contribution in [-0.4, -0.2) is 38.5 Å². The van der Waals surface area contributed by atoms with Crippen molar-refractivity contribution in [3.8, 4) is 0 Å². The second-order valence-electron chi connectivity index (χ2n) is 5.56. The van der Waals surface area contributed by atoms with Crippen LogP contribution >= 0.6 is 11.8 Å². The Morgan fingerprint density at radius 2 is 2.05 bits per heavy atom. The molecule has 0 bridgehead atoms. The lowest BCUT2D eigenvalue weighted by molar-refractivity contribution is 0.368. The number of nitrogens with one attached hydrogen (secondary N) is 1. The van der Waals surface area contributed by atoms with Crippen molar-refractivity contribution in [2.45, 2.75) is 41.6 Å². The molecule has 3 atom stereocenters. The van der Waals surface area contributed by atoms with E-state index in [1.165, 1.54) is 18.4 Å².